The van der Waals surface area contributed by atoms with Crippen molar-refractivity contribution in [2.24, 2.45) is 0 Å². The molecule has 0 aliphatic carbocycles. The Morgan fingerprint density at radius 2 is 2.04 bits per heavy atom. The zero-order valence-corrected chi connectivity index (χ0v) is 17.1. The molecule has 1 atom stereocenters. The second-order valence-corrected chi connectivity index (χ2v) is 7.66. The van der Waals surface area contributed by atoms with Crippen LogP contribution in [0.5, 0.6) is 0 Å². The fourth-order valence-corrected chi connectivity index (χ4v) is 3.88. The van der Waals surface area contributed by atoms with E-state index in [2.05, 4.69) is 25.8 Å². The van der Waals surface area contributed by atoms with Crippen molar-refractivity contribution >= 4 is 40.0 Å². The van der Waals surface area contributed by atoms with Crippen molar-refractivity contribution < 1.29 is 9.59 Å². The predicted octanol–water partition coefficient (Wildman–Crippen LogP) is 2.98. The van der Waals surface area contributed by atoms with Crippen LogP contribution in [0.1, 0.15) is 36.1 Å². The highest BCUT2D eigenvalue weighted by molar-refractivity contribution is 7.99. The summed E-state index contributed by atoms with van der Waals surface area (Å²) in [4.78, 5) is 28.4. The fourth-order valence-electron chi connectivity index (χ4n) is 2.53. The Hall–Kier alpha value is -2.72. The number of thioether (sulfide) groups is 1. The van der Waals surface area contributed by atoms with Crippen LogP contribution in [-0.2, 0) is 11.3 Å². The highest BCUT2D eigenvalue weighted by Gasteiger charge is 2.20. The summed E-state index contributed by atoms with van der Waals surface area (Å²) < 4.78 is 1.90. The van der Waals surface area contributed by atoms with Gasteiger partial charge in [-0.3, -0.25) is 9.59 Å². The van der Waals surface area contributed by atoms with E-state index >= 15 is 0 Å². The maximum Gasteiger partial charge on any atom is 0.251 e. The third-order valence-corrected chi connectivity index (χ3v) is 5.50. The van der Waals surface area contributed by atoms with Crippen LogP contribution in [0.2, 0.25) is 0 Å². The van der Waals surface area contributed by atoms with Crippen molar-refractivity contribution in [3.05, 3.63) is 53.3 Å². The molecular formula is C18H20N6O2S2. The van der Waals surface area contributed by atoms with E-state index < -0.39 is 0 Å². The minimum absolute atomic E-state index is 0.155. The normalized spacial score (nSPS) is 11.8. The van der Waals surface area contributed by atoms with Gasteiger partial charge in [-0.15, -0.1) is 21.5 Å². The van der Waals surface area contributed by atoms with E-state index in [1.807, 2.05) is 36.6 Å². The van der Waals surface area contributed by atoms with Gasteiger partial charge < -0.3 is 15.2 Å². The van der Waals surface area contributed by atoms with E-state index in [4.69, 9.17) is 0 Å². The number of hydrogen-bond acceptors (Lipinski definition) is 7. The van der Waals surface area contributed by atoms with Crippen molar-refractivity contribution in [1.29, 1.82) is 0 Å². The number of amides is 2. The molecule has 0 spiro atoms. The highest BCUT2D eigenvalue weighted by Crippen LogP contribution is 2.21. The van der Waals surface area contributed by atoms with Gasteiger partial charge in [0.1, 0.15) is 0 Å². The lowest BCUT2D eigenvalue weighted by atomic mass is 10.2. The summed E-state index contributed by atoms with van der Waals surface area (Å²) in [5, 5.41) is 17.1. The lowest BCUT2D eigenvalue weighted by Gasteiger charge is -2.15. The SMILES string of the molecule is CCn1c(SCC(=O)Nc2nccs2)nnc1[C@H](C)NC(=O)c1ccccc1. The number of carbonyl (C=O) groups excluding carboxylic acids is 2. The highest BCUT2D eigenvalue weighted by atomic mass is 32.2. The Balaban J connectivity index is 1.62. The van der Waals surface area contributed by atoms with E-state index in [-0.39, 0.29) is 23.6 Å². The molecule has 28 heavy (non-hydrogen) atoms. The first-order valence-corrected chi connectivity index (χ1v) is 10.6. The molecular weight excluding hydrogens is 396 g/mol. The molecule has 0 saturated heterocycles. The largest absolute Gasteiger partial charge is 0.342 e. The molecule has 10 heteroatoms. The molecule has 0 radical (unpaired) electrons. The molecule has 0 unspecified atom stereocenters. The molecule has 2 amide bonds. The Kier molecular flexibility index (Phi) is 6.77. The number of aromatic nitrogens is 4. The van der Waals surface area contributed by atoms with Gasteiger partial charge in [-0.25, -0.2) is 4.98 Å². The number of benzene rings is 1. The van der Waals surface area contributed by atoms with Gasteiger partial charge in [-0.05, 0) is 26.0 Å². The monoisotopic (exact) mass is 416 g/mol. The Bertz CT molecular complexity index is 927. The summed E-state index contributed by atoms with van der Waals surface area (Å²) in [5.41, 5.74) is 0.588. The van der Waals surface area contributed by atoms with Gasteiger partial charge in [-0.2, -0.15) is 0 Å². The maximum atomic E-state index is 12.4. The second kappa shape index (κ2) is 9.47. The molecule has 0 aliphatic heterocycles. The van der Waals surface area contributed by atoms with Crippen molar-refractivity contribution in [2.75, 3.05) is 11.1 Å². The van der Waals surface area contributed by atoms with Crippen LogP contribution in [0.15, 0.2) is 47.1 Å². The van der Waals surface area contributed by atoms with Crippen LogP contribution in [-0.4, -0.2) is 37.3 Å². The van der Waals surface area contributed by atoms with Crippen LogP contribution >= 0.6 is 23.1 Å². The molecule has 3 rings (SSSR count). The Morgan fingerprint density at radius 1 is 1.25 bits per heavy atom. The smallest absolute Gasteiger partial charge is 0.251 e. The summed E-state index contributed by atoms with van der Waals surface area (Å²) in [7, 11) is 0. The quantitative estimate of drug-likeness (QED) is 0.548. The van der Waals surface area contributed by atoms with Gasteiger partial charge in [0.05, 0.1) is 11.8 Å². The van der Waals surface area contributed by atoms with Crippen molar-refractivity contribution in [2.45, 2.75) is 31.6 Å². The Labute approximate surface area is 170 Å². The lowest BCUT2D eigenvalue weighted by Crippen LogP contribution is -2.28. The molecule has 2 aromatic heterocycles. The van der Waals surface area contributed by atoms with Crippen LogP contribution in [0, 0.1) is 0 Å². The summed E-state index contributed by atoms with van der Waals surface area (Å²) in [6, 6.07) is 8.70. The fraction of sp³-hybridized carbons (Fsp3) is 0.278. The molecule has 0 aliphatic rings. The second-order valence-electron chi connectivity index (χ2n) is 5.82. The van der Waals surface area contributed by atoms with Crippen LogP contribution in [0.3, 0.4) is 0 Å². The first kappa shape index (κ1) is 20.0. The van der Waals surface area contributed by atoms with Crippen molar-refractivity contribution in [3.63, 3.8) is 0 Å². The predicted molar refractivity (Wildman–Crippen MR) is 109 cm³/mol. The first-order chi connectivity index (χ1) is 13.6. The van der Waals surface area contributed by atoms with Crippen LogP contribution < -0.4 is 10.6 Å². The number of nitrogens with one attached hydrogen (secondary N) is 2. The molecule has 0 saturated carbocycles. The zero-order valence-electron chi connectivity index (χ0n) is 15.5. The van der Waals surface area contributed by atoms with E-state index in [1.54, 1.807) is 23.7 Å². The zero-order chi connectivity index (χ0) is 19.9. The summed E-state index contributed by atoms with van der Waals surface area (Å²) in [5.74, 6) is 0.519. The van der Waals surface area contributed by atoms with E-state index in [0.717, 1.165) is 0 Å². The van der Waals surface area contributed by atoms with Gasteiger partial charge in [-0.1, -0.05) is 30.0 Å². The van der Waals surface area contributed by atoms with E-state index in [0.29, 0.717) is 28.2 Å². The lowest BCUT2D eigenvalue weighted by molar-refractivity contribution is -0.113. The number of carbonyl (C=O) groups is 2. The Morgan fingerprint density at radius 3 is 2.71 bits per heavy atom. The van der Waals surface area contributed by atoms with Crippen molar-refractivity contribution in [1.82, 2.24) is 25.1 Å². The molecule has 146 valence electrons. The van der Waals surface area contributed by atoms with Gasteiger partial charge in [0, 0.05) is 23.7 Å². The van der Waals surface area contributed by atoms with Gasteiger partial charge >= 0.3 is 0 Å². The molecule has 1 aromatic carbocycles. The summed E-state index contributed by atoms with van der Waals surface area (Å²) >= 11 is 2.66. The third kappa shape index (κ3) is 4.96. The molecule has 2 N–H and O–H groups in total. The summed E-state index contributed by atoms with van der Waals surface area (Å²) in [6.45, 7) is 4.46. The molecule has 0 fully saturated rings. The summed E-state index contributed by atoms with van der Waals surface area (Å²) in [6.07, 6.45) is 1.64. The number of rotatable bonds is 8. The van der Waals surface area contributed by atoms with Crippen molar-refractivity contribution in [3.8, 4) is 0 Å². The topological polar surface area (TPSA) is 102 Å². The molecule has 2 heterocycles. The average molecular weight is 417 g/mol. The minimum Gasteiger partial charge on any atom is -0.342 e. The molecule has 8 nitrogen and oxygen atoms in total. The van der Waals surface area contributed by atoms with Crippen LogP contribution in [0.25, 0.3) is 0 Å². The number of nitrogens with zero attached hydrogens (tertiary/aromatic N) is 4. The standard InChI is InChI=1S/C18H20N6O2S2/c1-3-24-15(12(2)20-16(26)13-7-5-4-6-8-13)22-23-18(24)28-11-14(25)21-17-19-9-10-27-17/h4-10,12H,3,11H2,1-2H3,(H,20,26)(H,19,21,25)/t12-/m0/s1. The minimum atomic E-state index is -0.321. The number of hydrogen-bond donors (Lipinski definition) is 2. The number of anilines is 1. The van der Waals surface area contributed by atoms with E-state index in [9.17, 15) is 9.59 Å². The number of thiazole rings is 1. The maximum absolute atomic E-state index is 12.4. The van der Waals surface area contributed by atoms with Crippen LogP contribution in [0.4, 0.5) is 5.13 Å². The third-order valence-electron chi connectivity index (χ3n) is 3.84. The van der Waals surface area contributed by atoms with E-state index in [1.165, 1.54) is 23.1 Å². The van der Waals surface area contributed by atoms with Gasteiger partial charge in [0.15, 0.2) is 16.1 Å². The average Bonchev–Trinajstić information content (AvgIpc) is 3.36. The van der Waals surface area contributed by atoms with Gasteiger partial charge in [0.25, 0.3) is 5.91 Å². The van der Waals surface area contributed by atoms with Gasteiger partial charge in [0.2, 0.25) is 5.91 Å². The first-order valence-electron chi connectivity index (χ1n) is 8.69. The molecule has 0 bridgehead atoms. The molecule has 3 aromatic rings.